The zero-order chi connectivity index (χ0) is 22.9. The van der Waals surface area contributed by atoms with Crippen LogP contribution < -0.4 is 4.72 Å². The summed E-state index contributed by atoms with van der Waals surface area (Å²) in [7, 11) is -0.675. The van der Waals surface area contributed by atoms with E-state index in [0.717, 1.165) is 11.8 Å². The first-order valence-corrected chi connectivity index (χ1v) is 11.8. The largest absolute Gasteiger partial charge is 0.331 e. The molecule has 1 N–H and O–H groups in total. The highest BCUT2D eigenvalue weighted by Gasteiger charge is 2.46. The first-order valence-electron chi connectivity index (χ1n) is 9.91. The number of carbonyl (C=O) groups is 1. The molecular weight excluding hydrogens is 424 g/mol. The lowest BCUT2D eigenvalue weighted by molar-refractivity contribution is 0.161. The zero-order valence-corrected chi connectivity index (χ0v) is 18.8. The maximum atomic E-state index is 15.4. The Labute approximate surface area is 181 Å². The molecule has 0 unspecified atom stereocenters. The summed E-state index contributed by atoms with van der Waals surface area (Å²) in [6, 6.07) is 9.87. The van der Waals surface area contributed by atoms with Crippen LogP contribution in [0.5, 0.6) is 0 Å². The van der Waals surface area contributed by atoms with Crippen molar-refractivity contribution < 1.29 is 22.0 Å². The number of hydrogen-bond donors (Lipinski definition) is 1. The van der Waals surface area contributed by atoms with Crippen LogP contribution >= 0.6 is 0 Å². The van der Waals surface area contributed by atoms with Gasteiger partial charge in [-0.2, -0.15) is 0 Å². The monoisotopic (exact) mass is 451 g/mol. The van der Waals surface area contributed by atoms with Crippen molar-refractivity contribution in [2.75, 3.05) is 26.9 Å². The highest BCUT2D eigenvalue weighted by Crippen LogP contribution is 2.30. The topological polar surface area (TPSA) is 69.7 Å². The average molecular weight is 452 g/mol. The molecule has 0 aromatic heterocycles. The number of nitrogens with one attached hydrogen (secondary N) is 1. The maximum Gasteiger partial charge on any atom is 0.319 e. The summed E-state index contributed by atoms with van der Waals surface area (Å²) >= 11 is 0. The minimum atomic E-state index is -3.74. The van der Waals surface area contributed by atoms with Gasteiger partial charge in [0.25, 0.3) is 0 Å². The molecule has 2 amide bonds. The van der Waals surface area contributed by atoms with E-state index in [1.165, 1.54) is 23.9 Å². The Kier molecular flexibility index (Phi) is 6.66. The van der Waals surface area contributed by atoms with E-state index in [1.807, 2.05) is 25.1 Å². The second kappa shape index (κ2) is 8.92. The maximum absolute atomic E-state index is 15.4. The van der Waals surface area contributed by atoms with Gasteiger partial charge in [-0.15, -0.1) is 0 Å². The van der Waals surface area contributed by atoms with Gasteiger partial charge in [0.15, 0.2) is 0 Å². The Morgan fingerprint density at radius 2 is 1.90 bits per heavy atom. The molecule has 1 aliphatic rings. The summed E-state index contributed by atoms with van der Waals surface area (Å²) in [6.07, 6.45) is -0.697. The molecular formula is C22H27F2N3O3S. The number of halogens is 2. The van der Waals surface area contributed by atoms with Gasteiger partial charge in [-0.25, -0.2) is 26.7 Å². The fourth-order valence-electron chi connectivity index (χ4n) is 3.98. The average Bonchev–Trinajstić information content (AvgIpc) is 2.97. The number of nitrogens with zero attached hydrogens (tertiary/aromatic N) is 2. The fourth-order valence-corrected chi connectivity index (χ4v) is 4.78. The van der Waals surface area contributed by atoms with Crippen LogP contribution in [0.4, 0.5) is 13.6 Å². The van der Waals surface area contributed by atoms with Gasteiger partial charge < -0.3 is 9.80 Å². The van der Waals surface area contributed by atoms with E-state index in [4.69, 9.17) is 0 Å². The van der Waals surface area contributed by atoms with E-state index in [-0.39, 0.29) is 18.5 Å². The molecule has 0 saturated carbocycles. The number of alkyl halides is 1. The lowest BCUT2D eigenvalue weighted by Crippen LogP contribution is -2.51. The number of hydrogen-bond acceptors (Lipinski definition) is 3. The van der Waals surface area contributed by atoms with Gasteiger partial charge in [0.1, 0.15) is 12.0 Å². The second-order valence-corrected chi connectivity index (χ2v) is 9.96. The molecule has 1 heterocycles. The molecule has 0 spiro atoms. The predicted octanol–water partition coefficient (Wildman–Crippen LogP) is 2.97. The van der Waals surface area contributed by atoms with Crippen LogP contribution in [0.15, 0.2) is 42.5 Å². The molecule has 2 aromatic rings. The number of carbonyl (C=O) groups excluding carboxylic acids is 1. The molecule has 2 aromatic carbocycles. The highest BCUT2D eigenvalue weighted by molar-refractivity contribution is 7.88. The number of sulfonamides is 1. The Balaban J connectivity index is 2.00. The van der Waals surface area contributed by atoms with Gasteiger partial charge in [-0.3, -0.25) is 0 Å². The normalized spacial score (nSPS) is 21.4. The molecule has 0 aliphatic carbocycles. The second-order valence-electron chi connectivity index (χ2n) is 8.18. The van der Waals surface area contributed by atoms with Gasteiger partial charge in [-0.1, -0.05) is 48.0 Å². The number of urea groups is 1. The van der Waals surface area contributed by atoms with Crippen LogP contribution in [0, 0.1) is 12.7 Å². The molecule has 6 nitrogen and oxygen atoms in total. The smallest absolute Gasteiger partial charge is 0.319 e. The van der Waals surface area contributed by atoms with E-state index in [0.29, 0.717) is 11.1 Å². The molecule has 0 bridgehead atoms. The van der Waals surface area contributed by atoms with Crippen LogP contribution in [-0.4, -0.2) is 69.4 Å². The summed E-state index contributed by atoms with van der Waals surface area (Å²) in [5.74, 6) is -0.467. The molecule has 1 fully saturated rings. The van der Waals surface area contributed by atoms with Crippen molar-refractivity contribution in [1.82, 2.24) is 14.5 Å². The summed E-state index contributed by atoms with van der Waals surface area (Å²) < 4.78 is 56.2. The summed E-state index contributed by atoms with van der Waals surface area (Å²) in [5, 5.41) is 0. The van der Waals surface area contributed by atoms with Crippen LogP contribution in [0.25, 0.3) is 11.1 Å². The minimum absolute atomic E-state index is 0.0291. The van der Waals surface area contributed by atoms with Gasteiger partial charge in [0.2, 0.25) is 10.0 Å². The summed E-state index contributed by atoms with van der Waals surface area (Å²) in [5.41, 5.74) is 2.38. The van der Waals surface area contributed by atoms with E-state index in [2.05, 4.69) is 4.72 Å². The molecule has 9 heteroatoms. The predicted molar refractivity (Wildman–Crippen MR) is 117 cm³/mol. The van der Waals surface area contributed by atoms with Crippen molar-refractivity contribution >= 4 is 16.1 Å². The third-order valence-electron chi connectivity index (χ3n) is 5.39. The van der Waals surface area contributed by atoms with Crippen molar-refractivity contribution in [3.8, 4) is 11.1 Å². The number of amides is 2. The van der Waals surface area contributed by atoms with Gasteiger partial charge in [0, 0.05) is 19.7 Å². The Morgan fingerprint density at radius 3 is 2.52 bits per heavy atom. The van der Waals surface area contributed by atoms with Crippen molar-refractivity contribution in [2.45, 2.75) is 31.6 Å². The first-order chi connectivity index (χ1) is 14.5. The quantitative estimate of drug-likeness (QED) is 0.760. The Morgan fingerprint density at radius 1 is 1.23 bits per heavy atom. The first kappa shape index (κ1) is 23.1. The lowest BCUT2D eigenvalue weighted by Gasteiger charge is -2.30. The minimum Gasteiger partial charge on any atom is -0.331 e. The molecule has 31 heavy (non-hydrogen) atoms. The SMILES string of the molecule is Cc1cccc(-c2cccc(C[C@H]3[C@@H](NS(C)(=O)=O)[C@@H](F)CN3C(=O)N(C)C)c2F)c1. The van der Waals surface area contributed by atoms with E-state index < -0.39 is 40.1 Å². The van der Waals surface area contributed by atoms with Crippen LogP contribution in [0.1, 0.15) is 11.1 Å². The Hall–Kier alpha value is -2.52. The van der Waals surface area contributed by atoms with Crippen LogP contribution in [0.3, 0.4) is 0 Å². The fraction of sp³-hybridized carbons (Fsp3) is 0.409. The van der Waals surface area contributed by atoms with Crippen LogP contribution in [0.2, 0.25) is 0 Å². The third kappa shape index (κ3) is 5.22. The Bertz CT molecular complexity index is 1080. The molecule has 1 saturated heterocycles. The molecule has 3 atom stereocenters. The number of likely N-dealkylation sites (tertiary alicyclic amines) is 1. The standard InChI is InChI=1S/C22H27F2N3O3S/c1-14-7-5-8-15(11-14)17-10-6-9-16(20(17)24)12-19-21(25-31(4,29)30)18(23)13-27(19)22(28)26(2)3/h5-11,18-19,21,25H,12-13H2,1-4H3/t18-,19-,21-/m0/s1. The summed E-state index contributed by atoms with van der Waals surface area (Å²) in [4.78, 5) is 15.2. The van der Waals surface area contributed by atoms with E-state index >= 15 is 4.39 Å². The number of rotatable bonds is 5. The summed E-state index contributed by atoms with van der Waals surface area (Å²) in [6.45, 7) is 1.64. The van der Waals surface area contributed by atoms with E-state index in [9.17, 15) is 17.6 Å². The van der Waals surface area contributed by atoms with Crippen molar-refractivity contribution in [1.29, 1.82) is 0 Å². The van der Waals surface area contributed by atoms with Crippen molar-refractivity contribution in [3.05, 3.63) is 59.4 Å². The van der Waals surface area contributed by atoms with Gasteiger partial charge in [-0.05, 0) is 24.5 Å². The lowest BCUT2D eigenvalue weighted by atomic mass is 9.95. The third-order valence-corrected chi connectivity index (χ3v) is 6.09. The highest BCUT2D eigenvalue weighted by atomic mass is 32.2. The molecule has 3 rings (SSSR count). The molecule has 0 radical (unpaired) electrons. The van der Waals surface area contributed by atoms with Gasteiger partial charge in [0.05, 0.1) is 24.9 Å². The van der Waals surface area contributed by atoms with E-state index in [1.54, 1.807) is 24.3 Å². The molecule has 168 valence electrons. The number of aryl methyl sites for hydroxylation is 1. The van der Waals surface area contributed by atoms with Crippen molar-refractivity contribution in [2.24, 2.45) is 0 Å². The molecule has 1 aliphatic heterocycles. The van der Waals surface area contributed by atoms with Crippen molar-refractivity contribution in [3.63, 3.8) is 0 Å². The number of benzene rings is 2. The van der Waals surface area contributed by atoms with Crippen LogP contribution in [-0.2, 0) is 16.4 Å². The van der Waals surface area contributed by atoms with Gasteiger partial charge >= 0.3 is 6.03 Å². The zero-order valence-electron chi connectivity index (χ0n) is 18.0.